The molecule has 5 rings (SSSR count). The fourth-order valence-corrected chi connectivity index (χ4v) is 3.61. The maximum atomic E-state index is 3.55. The highest BCUT2D eigenvalue weighted by atomic mass is 15.4. The summed E-state index contributed by atoms with van der Waals surface area (Å²) in [5, 5.41) is 2.57. The molecule has 0 amide bonds. The second-order valence-corrected chi connectivity index (χ2v) is 6.48. The van der Waals surface area contributed by atoms with Crippen molar-refractivity contribution in [3.63, 3.8) is 0 Å². The first-order chi connectivity index (χ1) is 12.9. The van der Waals surface area contributed by atoms with Crippen molar-refractivity contribution in [1.82, 2.24) is 0 Å². The SMILES string of the molecule is [C]1N(Cc2cccc3ccccc23)c2ccccc2N1c1ccccc1. The first-order valence-electron chi connectivity index (χ1n) is 8.85. The van der Waals surface area contributed by atoms with Gasteiger partial charge in [-0.25, -0.2) is 0 Å². The lowest BCUT2D eigenvalue weighted by Gasteiger charge is -2.20. The van der Waals surface area contributed by atoms with Crippen LogP contribution in [-0.4, -0.2) is 0 Å². The van der Waals surface area contributed by atoms with Crippen LogP contribution in [0.1, 0.15) is 5.56 Å². The Bertz CT molecular complexity index is 1050. The summed E-state index contributed by atoms with van der Waals surface area (Å²) in [6.45, 7) is 4.35. The predicted molar refractivity (Wildman–Crippen MR) is 108 cm³/mol. The van der Waals surface area contributed by atoms with E-state index in [4.69, 9.17) is 0 Å². The maximum absolute atomic E-state index is 3.55. The third kappa shape index (κ3) is 2.51. The van der Waals surface area contributed by atoms with Gasteiger partial charge in [-0.15, -0.1) is 0 Å². The highest BCUT2D eigenvalue weighted by molar-refractivity contribution is 5.88. The minimum absolute atomic E-state index is 0.793. The van der Waals surface area contributed by atoms with E-state index in [2.05, 4.69) is 107 Å². The van der Waals surface area contributed by atoms with Crippen molar-refractivity contribution in [3.05, 3.63) is 109 Å². The molecule has 1 heterocycles. The Hall–Kier alpha value is -3.26. The van der Waals surface area contributed by atoms with Gasteiger partial charge < -0.3 is 9.80 Å². The Kier molecular flexibility index (Phi) is 3.60. The monoisotopic (exact) mass is 334 g/mol. The van der Waals surface area contributed by atoms with E-state index in [1.54, 1.807) is 0 Å². The van der Waals surface area contributed by atoms with Gasteiger partial charge in [0.1, 0.15) is 0 Å². The number of rotatable bonds is 3. The molecule has 2 heteroatoms. The van der Waals surface area contributed by atoms with Crippen molar-refractivity contribution >= 4 is 27.8 Å². The molecular formula is C24H18N2. The summed E-state index contributed by atoms with van der Waals surface area (Å²) in [7, 11) is 0. The zero-order valence-corrected chi connectivity index (χ0v) is 14.3. The summed E-state index contributed by atoms with van der Waals surface area (Å²) in [6.07, 6.45) is 0. The first-order valence-corrected chi connectivity index (χ1v) is 8.85. The molecule has 0 unspecified atom stereocenters. The molecule has 1 aliphatic rings. The van der Waals surface area contributed by atoms with Gasteiger partial charge in [0.2, 0.25) is 6.67 Å². The van der Waals surface area contributed by atoms with Crippen LogP contribution in [0, 0.1) is 6.67 Å². The molecule has 0 atom stereocenters. The summed E-state index contributed by atoms with van der Waals surface area (Å²) in [6, 6.07) is 33.9. The van der Waals surface area contributed by atoms with Crippen molar-refractivity contribution in [1.29, 1.82) is 0 Å². The number of fused-ring (bicyclic) bond motifs is 2. The van der Waals surface area contributed by atoms with Crippen molar-refractivity contribution in [2.75, 3.05) is 9.80 Å². The highest BCUT2D eigenvalue weighted by Gasteiger charge is 2.28. The molecule has 0 saturated heterocycles. The lowest BCUT2D eigenvalue weighted by molar-refractivity contribution is 0.923. The van der Waals surface area contributed by atoms with E-state index in [9.17, 15) is 0 Å². The third-order valence-electron chi connectivity index (χ3n) is 4.86. The average molecular weight is 334 g/mol. The van der Waals surface area contributed by atoms with Crippen LogP contribution in [0.2, 0.25) is 0 Å². The van der Waals surface area contributed by atoms with Crippen molar-refractivity contribution in [2.24, 2.45) is 0 Å². The molecule has 4 aromatic carbocycles. The molecular weight excluding hydrogens is 316 g/mol. The molecule has 4 aromatic rings. The van der Waals surface area contributed by atoms with Crippen LogP contribution in [0.3, 0.4) is 0 Å². The standard InChI is InChI=1S/C24H18N2/c1-2-12-21(13-3-1)26-18-25(23-15-6-7-16-24(23)26)17-20-11-8-10-19-9-4-5-14-22(19)20/h1-16H,17H2. The predicted octanol–water partition coefficient (Wildman–Crippen LogP) is 5.99. The first kappa shape index (κ1) is 15.0. The fourth-order valence-electron chi connectivity index (χ4n) is 3.61. The molecule has 1 aliphatic heterocycles. The molecule has 26 heavy (non-hydrogen) atoms. The number of hydrogen-bond donors (Lipinski definition) is 0. The van der Waals surface area contributed by atoms with Gasteiger partial charge in [-0.05, 0) is 40.6 Å². The van der Waals surface area contributed by atoms with Crippen LogP contribution in [0.5, 0.6) is 0 Å². The van der Waals surface area contributed by atoms with Crippen LogP contribution in [0.4, 0.5) is 17.1 Å². The summed E-state index contributed by atoms with van der Waals surface area (Å²) in [5.41, 5.74) is 4.78. The van der Waals surface area contributed by atoms with Gasteiger partial charge in [-0.1, -0.05) is 72.8 Å². The fraction of sp³-hybridized carbons (Fsp3) is 0.0417. The normalized spacial score (nSPS) is 13.2. The van der Waals surface area contributed by atoms with Crippen LogP contribution in [0.25, 0.3) is 10.8 Å². The number of benzene rings is 4. The summed E-state index contributed by atoms with van der Waals surface area (Å²) >= 11 is 0. The minimum atomic E-state index is 0.793. The second kappa shape index (κ2) is 6.23. The van der Waals surface area contributed by atoms with Crippen molar-refractivity contribution < 1.29 is 0 Å². The largest absolute Gasteiger partial charge is 0.335 e. The van der Waals surface area contributed by atoms with E-state index >= 15 is 0 Å². The van der Waals surface area contributed by atoms with Gasteiger partial charge in [-0.2, -0.15) is 0 Å². The molecule has 124 valence electrons. The van der Waals surface area contributed by atoms with Crippen molar-refractivity contribution in [3.8, 4) is 0 Å². The summed E-state index contributed by atoms with van der Waals surface area (Å²) < 4.78 is 0. The maximum Gasteiger partial charge on any atom is 0.214 e. The number of para-hydroxylation sites is 3. The zero-order valence-electron chi connectivity index (χ0n) is 14.3. The molecule has 2 nitrogen and oxygen atoms in total. The van der Waals surface area contributed by atoms with E-state index in [1.807, 2.05) is 6.07 Å². The lowest BCUT2D eigenvalue weighted by Crippen LogP contribution is -2.21. The van der Waals surface area contributed by atoms with Crippen LogP contribution in [0.15, 0.2) is 97.1 Å². The van der Waals surface area contributed by atoms with Gasteiger partial charge >= 0.3 is 0 Å². The van der Waals surface area contributed by atoms with Gasteiger partial charge in [0.15, 0.2) is 0 Å². The Morgan fingerprint density at radius 1 is 0.615 bits per heavy atom. The lowest BCUT2D eigenvalue weighted by atomic mass is 10.0. The van der Waals surface area contributed by atoms with E-state index in [0.29, 0.717) is 0 Å². The Morgan fingerprint density at radius 3 is 2.19 bits per heavy atom. The quantitative estimate of drug-likeness (QED) is 0.454. The molecule has 0 aliphatic carbocycles. The summed E-state index contributed by atoms with van der Waals surface area (Å²) in [5.74, 6) is 0. The molecule has 0 fully saturated rings. The number of nitrogens with zero attached hydrogens (tertiary/aromatic N) is 2. The number of hydrogen-bond acceptors (Lipinski definition) is 2. The minimum Gasteiger partial charge on any atom is -0.335 e. The number of anilines is 3. The second-order valence-electron chi connectivity index (χ2n) is 6.48. The molecule has 0 saturated carbocycles. The Morgan fingerprint density at radius 2 is 1.31 bits per heavy atom. The van der Waals surface area contributed by atoms with Crippen LogP contribution in [-0.2, 0) is 6.54 Å². The molecule has 2 radical (unpaired) electrons. The van der Waals surface area contributed by atoms with Gasteiger partial charge in [0.25, 0.3) is 0 Å². The van der Waals surface area contributed by atoms with E-state index in [0.717, 1.165) is 12.2 Å². The molecule has 0 spiro atoms. The van der Waals surface area contributed by atoms with Gasteiger partial charge in [0, 0.05) is 12.2 Å². The van der Waals surface area contributed by atoms with Crippen LogP contribution >= 0.6 is 0 Å². The Labute approximate surface area is 153 Å². The van der Waals surface area contributed by atoms with E-state index < -0.39 is 0 Å². The van der Waals surface area contributed by atoms with Gasteiger partial charge in [0.05, 0.1) is 11.4 Å². The van der Waals surface area contributed by atoms with E-state index in [-0.39, 0.29) is 0 Å². The van der Waals surface area contributed by atoms with Gasteiger partial charge in [-0.3, -0.25) is 0 Å². The molecule has 0 bridgehead atoms. The zero-order chi connectivity index (χ0) is 17.3. The topological polar surface area (TPSA) is 6.48 Å². The highest BCUT2D eigenvalue weighted by Crippen LogP contribution is 2.43. The Balaban J connectivity index is 1.54. The van der Waals surface area contributed by atoms with Crippen LogP contribution < -0.4 is 9.80 Å². The van der Waals surface area contributed by atoms with Crippen molar-refractivity contribution in [2.45, 2.75) is 6.54 Å². The van der Waals surface area contributed by atoms with E-state index in [1.165, 1.54) is 27.7 Å². The molecule has 0 N–H and O–H groups in total. The average Bonchev–Trinajstić information content (AvgIpc) is 3.08. The summed E-state index contributed by atoms with van der Waals surface area (Å²) in [4.78, 5) is 4.35. The smallest absolute Gasteiger partial charge is 0.214 e. The third-order valence-corrected chi connectivity index (χ3v) is 4.86. The molecule has 0 aromatic heterocycles.